The molecule has 0 aromatic carbocycles. The summed E-state index contributed by atoms with van der Waals surface area (Å²) in [5.41, 5.74) is 6.44. The highest BCUT2D eigenvalue weighted by Crippen LogP contribution is 2.42. The van der Waals surface area contributed by atoms with E-state index in [9.17, 15) is 53.7 Å². The second-order valence-electron chi connectivity index (χ2n) is 21.8. The molecule has 0 aromatic rings. The van der Waals surface area contributed by atoms with E-state index in [1.165, 1.54) is 6.92 Å². The summed E-state index contributed by atoms with van der Waals surface area (Å²) in [6, 6.07) is 0. The number of esters is 6. The van der Waals surface area contributed by atoms with Crippen LogP contribution in [0, 0.1) is 10.8 Å². The fourth-order valence-electron chi connectivity index (χ4n) is 9.15. The van der Waals surface area contributed by atoms with Gasteiger partial charge < -0.3 is 43.7 Å². The van der Waals surface area contributed by atoms with E-state index < -0.39 is 102 Å². The topological polar surface area (TPSA) is 253 Å². The Bertz CT molecular complexity index is 2680. The summed E-state index contributed by atoms with van der Waals surface area (Å²) >= 11 is 0. The van der Waals surface area contributed by atoms with Crippen molar-refractivity contribution in [3.8, 4) is 0 Å². The number of allylic oxidation sites excluding steroid dienone is 20. The first-order valence-electron chi connectivity index (χ1n) is 26.6. The molecule has 0 aromatic heterocycles. The number of carbonyl (C=O) groups excluding carboxylic acids is 8. The van der Waals surface area contributed by atoms with Crippen molar-refractivity contribution in [3.63, 3.8) is 0 Å². The molecular weight excluding hydrogens is 1030 g/mol. The number of hydrogen-bond donors (Lipinski definition) is 3. The van der Waals surface area contributed by atoms with E-state index in [1.807, 2.05) is 140 Å². The molecule has 4 rings (SSSR count). The molecule has 4 aliphatic rings. The van der Waals surface area contributed by atoms with E-state index in [4.69, 9.17) is 28.4 Å². The highest BCUT2D eigenvalue weighted by Gasteiger charge is 2.42. The molecule has 17 nitrogen and oxygen atoms in total. The predicted octanol–water partition coefficient (Wildman–Crippen LogP) is 9.40. The number of hydrogen-bond acceptors (Lipinski definition) is 17. The normalized spacial score (nSPS) is 23.1. The van der Waals surface area contributed by atoms with Crippen molar-refractivity contribution >= 4 is 47.4 Å². The lowest BCUT2D eigenvalue weighted by Gasteiger charge is -2.36. The summed E-state index contributed by atoms with van der Waals surface area (Å²) in [5.74, 6) is -5.43. The van der Waals surface area contributed by atoms with Gasteiger partial charge in [0.2, 0.25) is 0 Å². The Labute approximate surface area is 469 Å². The zero-order chi connectivity index (χ0) is 59.8. The SMILES string of the molecule is CC1=C(C)C(C(O)COC(=O)CCC(=O)OC2CC(C)(C)C(/C=C/C(C)=C/C=C/C(C)=C/C=C/C=C(C)/C=C/C=C(C)/C=C/C3=C(C)C(=O)C(OC(=O)CCC(=O)OCC(O)C4OC(=O)C(C)=C4O)CC3(C)C)=C(C)C2=O)OC1=O. The highest BCUT2D eigenvalue weighted by atomic mass is 16.6. The Kier molecular flexibility index (Phi) is 23.7. The second-order valence-corrected chi connectivity index (χ2v) is 21.8. The number of rotatable bonds is 24. The van der Waals surface area contributed by atoms with Crippen molar-refractivity contribution < 1.29 is 82.1 Å². The summed E-state index contributed by atoms with van der Waals surface area (Å²) in [5, 5.41) is 30.5. The van der Waals surface area contributed by atoms with Crippen molar-refractivity contribution in [1.82, 2.24) is 0 Å². The molecule has 0 spiro atoms. The standard InChI is InChI=1S/C63H78O17/c1-36(20-16-22-38(3)24-26-45-42(7)55(70)49(32-62(45,10)11)77-53(68)30-28-51(66)75-34-47(64)58-40(5)41(6)60(73)79-58)18-14-15-19-37(2)21-17-23-39(4)25-27-46-43(8)56(71)50(33-63(46,12)13)78-54(69)31-29-52(67)76-35-48(65)59-57(72)44(9)61(74)80-59/h14-27,47-50,58-59,64-65,72H,28-35H2,1-13H3/b15-14+,20-16+,21-17+,26-24+,27-25+,36-18+,37-19+,38-22+,39-23+. The molecule has 2 aliphatic carbocycles. The molecule has 0 radical (unpaired) electrons. The number of ether oxygens (including phenoxy) is 6. The Morgan fingerprint density at radius 1 is 0.525 bits per heavy atom. The minimum atomic E-state index is -1.50. The van der Waals surface area contributed by atoms with E-state index in [-0.39, 0.29) is 55.7 Å². The van der Waals surface area contributed by atoms with E-state index in [0.29, 0.717) is 22.3 Å². The third kappa shape index (κ3) is 18.5. The molecule has 0 bridgehead atoms. The van der Waals surface area contributed by atoms with Gasteiger partial charge in [0.05, 0.1) is 31.3 Å². The lowest BCUT2D eigenvalue weighted by molar-refractivity contribution is -0.160. The van der Waals surface area contributed by atoms with Gasteiger partial charge in [-0.1, -0.05) is 135 Å². The number of aliphatic hydroxyl groups excluding tert-OH is 3. The van der Waals surface area contributed by atoms with Crippen molar-refractivity contribution in [1.29, 1.82) is 0 Å². The molecule has 0 amide bonds. The van der Waals surface area contributed by atoms with Crippen LogP contribution < -0.4 is 0 Å². The largest absolute Gasteiger partial charge is 0.508 e. The first kappa shape index (κ1) is 65.0. The molecule has 6 atom stereocenters. The fraction of sp³-hybridized carbons (Fsp3) is 0.460. The van der Waals surface area contributed by atoms with Gasteiger partial charge in [0.1, 0.15) is 31.2 Å². The number of ketones is 2. The third-order valence-electron chi connectivity index (χ3n) is 14.2. The molecule has 6 unspecified atom stereocenters. The van der Waals surface area contributed by atoms with E-state index in [0.717, 1.165) is 33.4 Å². The number of aliphatic hydroxyl groups is 3. The molecule has 2 heterocycles. The monoisotopic (exact) mass is 1110 g/mol. The quantitative estimate of drug-likeness (QED) is 0.0462. The van der Waals surface area contributed by atoms with Gasteiger partial charge in [-0.15, -0.1) is 0 Å². The van der Waals surface area contributed by atoms with Crippen LogP contribution in [0.2, 0.25) is 0 Å². The van der Waals surface area contributed by atoms with Crippen molar-refractivity contribution in [2.45, 2.75) is 165 Å². The van der Waals surface area contributed by atoms with Crippen LogP contribution in [0.15, 0.2) is 152 Å². The second kappa shape index (κ2) is 29.1. The minimum absolute atomic E-state index is 0.0468. The van der Waals surface area contributed by atoms with Gasteiger partial charge in [-0.05, 0) is 101 Å². The molecule has 0 fully saturated rings. The van der Waals surface area contributed by atoms with Crippen LogP contribution in [0.5, 0.6) is 0 Å². The summed E-state index contributed by atoms with van der Waals surface area (Å²) < 4.78 is 31.1. The first-order valence-corrected chi connectivity index (χ1v) is 26.6. The Morgan fingerprint density at radius 2 is 0.875 bits per heavy atom. The molecule has 3 N–H and O–H groups in total. The fourth-order valence-corrected chi connectivity index (χ4v) is 9.15. The highest BCUT2D eigenvalue weighted by molar-refractivity contribution is 6.02. The zero-order valence-corrected chi connectivity index (χ0v) is 48.3. The lowest BCUT2D eigenvalue weighted by atomic mass is 9.71. The molecule has 2 aliphatic heterocycles. The predicted molar refractivity (Wildman–Crippen MR) is 299 cm³/mol. The molecule has 0 saturated carbocycles. The van der Waals surface area contributed by atoms with Gasteiger partial charge >= 0.3 is 35.8 Å². The summed E-state index contributed by atoms with van der Waals surface area (Å²) in [7, 11) is 0. The molecular formula is C63H78O17. The van der Waals surface area contributed by atoms with Crippen molar-refractivity contribution in [2.24, 2.45) is 10.8 Å². The Balaban J connectivity index is 1.20. The summed E-state index contributed by atoms with van der Waals surface area (Å²) in [4.78, 5) is 100. The minimum Gasteiger partial charge on any atom is -0.508 e. The zero-order valence-electron chi connectivity index (χ0n) is 48.3. The van der Waals surface area contributed by atoms with Gasteiger partial charge in [-0.3, -0.25) is 28.8 Å². The van der Waals surface area contributed by atoms with E-state index in [2.05, 4.69) is 0 Å². The van der Waals surface area contributed by atoms with Crippen LogP contribution in [0.25, 0.3) is 0 Å². The van der Waals surface area contributed by atoms with Crippen molar-refractivity contribution in [3.05, 3.63) is 152 Å². The number of carbonyl (C=O) groups is 8. The Hall–Kier alpha value is -7.50. The maximum absolute atomic E-state index is 13.4. The van der Waals surface area contributed by atoms with E-state index in [1.54, 1.807) is 27.7 Å². The number of Topliss-reactive ketones (excluding diaryl/α,β-unsaturated/α-hetero) is 2. The molecule has 80 heavy (non-hydrogen) atoms. The third-order valence-corrected chi connectivity index (χ3v) is 14.2. The van der Waals surface area contributed by atoms with Gasteiger partial charge in [0.25, 0.3) is 0 Å². The van der Waals surface area contributed by atoms with Crippen molar-refractivity contribution in [2.75, 3.05) is 13.2 Å². The molecule has 0 saturated heterocycles. The Morgan fingerprint density at radius 3 is 1.25 bits per heavy atom. The van der Waals surface area contributed by atoms with Crippen LogP contribution in [0.1, 0.15) is 129 Å². The van der Waals surface area contributed by atoms with Crippen LogP contribution in [-0.2, 0) is 66.8 Å². The summed E-state index contributed by atoms with van der Waals surface area (Å²) in [6.07, 6.45) is 19.4. The van der Waals surface area contributed by atoms with E-state index >= 15 is 0 Å². The lowest BCUT2D eigenvalue weighted by Crippen LogP contribution is -2.39. The average Bonchev–Trinajstić information content (AvgIpc) is 3.82. The van der Waals surface area contributed by atoms with Crippen LogP contribution >= 0.6 is 0 Å². The first-order chi connectivity index (χ1) is 37.4. The molecule has 17 heteroatoms. The van der Waals surface area contributed by atoms with Gasteiger partial charge in [-0.25, -0.2) is 9.59 Å². The summed E-state index contributed by atoms with van der Waals surface area (Å²) in [6.45, 7) is 22.8. The maximum Gasteiger partial charge on any atom is 0.338 e. The van der Waals surface area contributed by atoms with Crippen LogP contribution in [0.4, 0.5) is 0 Å². The smallest absolute Gasteiger partial charge is 0.338 e. The van der Waals surface area contributed by atoms with Crippen LogP contribution in [0.3, 0.4) is 0 Å². The van der Waals surface area contributed by atoms with Gasteiger partial charge in [0.15, 0.2) is 36.0 Å². The maximum atomic E-state index is 13.4. The number of cyclic esters (lactones) is 2. The average molecular weight is 1110 g/mol. The van der Waals surface area contributed by atoms with Crippen LogP contribution in [-0.4, -0.2) is 113 Å². The van der Waals surface area contributed by atoms with Gasteiger partial charge in [0, 0.05) is 18.4 Å². The molecule has 432 valence electrons. The van der Waals surface area contributed by atoms with Gasteiger partial charge in [-0.2, -0.15) is 0 Å².